The van der Waals surface area contributed by atoms with E-state index in [1.807, 2.05) is 6.07 Å². The Balaban J connectivity index is 0.00000216. The van der Waals surface area contributed by atoms with Gasteiger partial charge in [0.15, 0.2) is 0 Å². The van der Waals surface area contributed by atoms with Crippen LogP contribution in [0.4, 0.5) is 5.69 Å². The summed E-state index contributed by atoms with van der Waals surface area (Å²) in [5.74, 6) is 0.205. The molecule has 1 heterocycles. The van der Waals surface area contributed by atoms with Crippen LogP contribution >= 0.6 is 24.8 Å². The van der Waals surface area contributed by atoms with Gasteiger partial charge in [0.2, 0.25) is 15.9 Å². The number of fused-ring (bicyclic) bond motifs is 1. The number of methoxy groups -OCH3 is 1. The molecular formula is C23H27Cl2N5O4S. The number of nitrogen functional groups attached to an aromatic ring is 2. The number of ether oxygens (including phenoxy) is 1. The first-order valence-corrected chi connectivity index (χ1v) is 11.8. The molecule has 9 nitrogen and oxygen atoms in total. The molecule has 0 spiro atoms. The second-order valence-corrected chi connectivity index (χ2v) is 9.64. The number of hydrogen-bond donors (Lipinski definition) is 4. The van der Waals surface area contributed by atoms with Crippen molar-refractivity contribution in [2.24, 2.45) is 5.73 Å². The second kappa shape index (κ2) is 11.1. The number of rotatable bonds is 7. The molecule has 6 N–H and O–H groups in total. The molecule has 12 heteroatoms. The van der Waals surface area contributed by atoms with Crippen molar-refractivity contribution in [3.63, 3.8) is 0 Å². The number of carbonyl (C=O) groups is 1. The number of amides is 1. The van der Waals surface area contributed by atoms with Gasteiger partial charge in [0.05, 0.1) is 12.0 Å². The summed E-state index contributed by atoms with van der Waals surface area (Å²) in [4.78, 5) is 14.5. The fraction of sp³-hybridized carbons (Fsp3) is 0.217. The Bertz CT molecular complexity index is 1370. The van der Waals surface area contributed by atoms with E-state index in [1.165, 1.54) is 6.07 Å². The Labute approximate surface area is 216 Å². The summed E-state index contributed by atoms with van der Waals surface area (Å²) in [6, 6.07) is 14.3. The molecule has 0 bridgehead atoms. The maximum atomic E-state index is 13.0. The van der Waals surface area contributed by atoms with Crippen molar-refractivity contribution in [1.29, 1.82) is 5.41 Å². The Kier molecular flexibility index (Phi) is 8.96. The third kappa shape index (κ3) is 5.96. The lowest BCUT2D eigenvalue weighted by Crippen LogP contribution is -2.41. The van der Waals surface area contributed by atoms with Crippen molar-refractivity contribution >= 4 is 63.0 Å². The first-order chi connectivity index (χ1) is 15.7. The fourth-order valence-electron chi connectivity index (χ4n) is 3.87. The lowest BCUT2D eigenvalue weighted by Gasteiger charge is -2.19. The van der Waals surface area contributed by atoms with Gasteiger partial charge in [-0.2, -0.15) is 4.72 Å². The number of anilines is 1. The minimum Gasteiger partial charge on any atom is -0.497 e. The number of amidine groups is 1. The Morgan fingerprint density at radius 2 is 1.83 bits per heavy atom. The Morgan fingerprint density at radius 1 is 1.11 bits per heavy atom. The van der Waals surface area contributed by atoms with Crippen LogP contribution in [0.15, 0.2) is 59.5 Å². The van der Waals surface area contributed by atoms with Crippen molar-refractivity contribution < 1.29 is 17.9 Å². The summed E-state index contributed by atoms with van der Waals surface area (Å²) in [6.07, 6.45) is 0.339. The van der Waals surface area contributed by atoms with Gasteiger partial charge in [-0.15, -0.1) is 24.8 Å². The minimum atomic E-state index is -3.92. The number of sulfonamides is 1. The number of nitrogens with two attached hydrogens (primary N) is 2. The summed E-state index contributed by atoms with van der Waals surface area (Å²) in [6.45, 7) is 0.588. The number of hydrogen-bond acceptors (Lipinski definition) is 6. The highest BCUT2D eigenvalue weighted by Crippen LogP contribution is 2.25. The second-order valence-electron chi connectivity index (χ2n) is 7.92. The van der Waals surface area contributed by atoms with Gasteiger partial charge < -0.3 is 21.1 Å². The molecule has 4 rings (SSSR count). The topological polar surface area (TPSA) is 152 Å². The average Bonchev–Trinajstić information content (AvgIpc) is 3.12. The van der Waals surface area contributed by atoms with E-state index >= 15 is 0 Å². The highest BCUT2D eigenvalue weighted by Gasteiger charge is 2.35. The van der Waals surface area contributed by atoms with E-state index in [0.29, 0.717) is 35.5 Å². The smallest absolute Gasteiger partial charge is 0.241 e. The summed E-state index contributed by atoms with van der Waals surface area (Å²) in [5.41, 5.74) is 13.2. The van der Waals surface area contributed by atoms with Crippen molar-refractivity contribution in [2.45, 2.75) is 23.9 Å². The molecule has 1 atom stereocenters. The van der Waals surface area contributed by atoms with Gasteiger partial charge in [0.25, 0.3) is 0 Å². The number of carbonyl (C=O) groups excluding carboxylic acids is 1. The summed E-state index contributed by atoms with van der Waals surface area (Å²) < 4.78 is 33.8. The van der Waals surface area contributed by atoms with Crippen LogP contribution in [-0.4, -0.2) is 44.8 Å². The largest absolute Gasteiger partial charge is 0.497 e. The molecule has 0 radical (unpaired) electrons. The zero-order chi connectivity index (χ0) is 23.8. The fourth-order valence-corrected chi connectivity index (χ4v) is 5.13. The summed E-state index contributed by atoms with van der Waals surface area (Å²) >= 11 is 0. The molecule has 3 aromatic rings. The molecule has 1 aliphatic heterocycles. The van der Waals surface area contributed by atoms with Crippen LogP contribution in [0.5, 0.6) is 5.75 Å². The first kappa shape index (κ1) is 28.2. The van der Waals surface area contributed by atoms with E-state index in [2.05, 4.69) is 4.72 Å². The van der Waals surface area contributed by atoms with Crippen molar-refractivity contribution in [2.75, 3.05) is 19.4 Å². The number of halogens is 2. The Morgan fingerprint density at radius 3 is 2.51 bits per heavy atom. The van der Waals surface area contributed by atoms with Gasteiger partial charge in [0.1, 0.15) is 17.6 Å². The summed E-state index contributed by atoms with van der Waals surface area (Å²) in [5, 5.41) is 9.18. The van der Waals surface area contributed by atoms with Crippen LogP contribution < -0.4 is 20.9 Å². The van der Waals surface area contributed by atoms with Crippen molar-refractivity contribution in [3.05, 3.63) is 65.7 Å². The molecular weight excluding hydrogens is 513 g/mol. The van der Waals surface area contributed by atoms with Gasteiger partial charge in [-0.3, -0.25) is 10.2 Å². The van der Waals surface area contributed by atoms with E-state index in [1.54, 1.807) is 54.5 Å². The SMILES string of the molecule is COc1ccc2ccc(S(=O)(=O)NC3CCN(Cc4cc(C(=N)N)ccc4N)C3=O)cc2c1.Cl.Cl. The van der Waals surface area contributed by atoms with Crippen LogP contribution in [0.2, 0.25) is 0 Å². The molecule has 3 aromatic carbocycles. The molecule has 0 saturated carbocycles. The molecule has 188 valence electrons. The van der Waals surface area contributed by atoms with Crippen LogP contribution in [0.1, 0.15) is 17.5 Å². The zero-order valence-electron chi connectivity index (χ0n) is 18.9. The number of nitrogens with one attached hydrogen (secondary N) is 2. The maximum absolute atomic E-state index is 13.0. The molecule has 1 aliphatic rings. The Hall–Kier alpha value is -3.05. The van der Waals surface area contributed by atoms with Crippen LogP contribution in [0, 0.1) is 5.41 Å². The monoisotopic (exact) mass is 539 g/mol. The third-order valence-electron chi connectivity index (χ3n) is 5.74. The van der Waals surface area contributed by atoms with E-state index < -0.39 is 16.1 Å². The van der Waals surface area contributed by atoms with Crippen LogP contribution in [0.25, 0.3) is 10.8 Å². The highest BCUT2D eigenvalue weighted by atomic mass is 35.5. The van der Waals surface area contributed by atoms with Crippen molar-refractivity contribution in [3.8, 4) is 5.75 Å². The quantitative estimate of drug-likeness (QED) is 0.206. The van der Waals surface area contributed by atoms with Crippen LogP contribution in [0.3, 0.4) is 0 Å². The normalized spacial score (nSPS) is 15.4. The highest BCUT2D eigenvalue weighted by molar-refractivity contribution is 7.89. The van der Waals surface area contributed by atoms with Crippen molar-refractivity contribution in [1.82, 2.24) is 9.62 Å². The van der Waals surface area contributed by atoms with E-state index in [9.17, 15) is 13.2 Å². The lowest BCUT2D eigenvalue weighted by atomic mass is 10.1. The molecule has 1 fully saturated rings. The standard InChI is InChI=1S/C23H25N5O4S.2ClH/c1-32-18-5-2-14-3-6-19(12-16(14)11-18)33(30,31)27-21-8-9-28(23(21)29)13-17-10-15(22(25)26)4-7-20(17)24;;/h2-7,10-12,21,27H,8-9,13,24H2,1H3,(H3,25,26);2*1H. The first-order valence-electron chi connectivity index (χ1n) is 10.3. The minimum absolute atomic E-state index is 0. The maximum Gasteiger partial charge on any atom is 0.241 e. The van der Waals surface area contributed by atoms with Gasteiger partial charge >= 0.3 is 0 Å². The van der Waals surface area contributed by atoms with E-state index in [0.717, 1.165) is 10.8 Å². The van der Waals surface area contributed by atoms with E-state index in [-0.39, 0.29) is 48.0 Å². The van der Waals surface area contributed by atoms with Gasteiger partial charge in [0, 0.05) is 24.3 Å². The van der Waals surface area contributed by atoms with Gasteiger partial charge in [-0.1, -0.05) is 12.1 Å². The number of likely N-dealkylation sites (tertiary alicyclic amines) is 1. The van der Waals surface area contributed by atoms with Gasteiger partial charge in [-0.25, -0.2) is 8.42 Å². The lowest BCUT2D eigenvalue weighted by molar-refractivity contribution is -0.129. The zero-order valence-corrected chi connectivity index (χ0v) is 21.3. The molecule has 1 saturated heterocycles. The molecule has 1 unspecified atom stereocenters. The molecule has 0 aromatic heterocycles. The predicted octanol–water partition coefficient (Wildman–Crippen LogP) is 2.64. The van der Waals surface area contributed by atoms with Gasteiger partial charge in [-0.05, 0) is 65.2 Å². The molecule has 0 aliphatic carbocycles. The van der Waals surface area contributed by atoms with E-state index in [4.69, 9.17) is 21.6 Å². The number of benzene rings is 3. The molecule has 35 heavy (non-hydrogen) atoms. The predicted molar refractivity (Wildman–Crippen MR) is 141 cm³/mol. The third-order valence-corrected chi connectivity index (χ3v) is 7.21. The molecule has 1 amide bonds. The summed E-state index contributed by atoms with van der Waals surface area (Å²) in [7, 11) is -2.37. The number of nitrogens with zero attached hydrogens (tertiary/aromatic N) is 1. The average molecular weight is 540 g/mol. The van der Waals surface area contributed by atoms with Crippen LogP contribution in [-0.2, 0) is 21.4 Å².